The van der Waals surface area contributed by atoms with Gasteiger partial charge in [0.15, 0.2) is 0 Å². The van der Waals surface area contributed by atoms with Gasteiger partial charge in [-0.05, 0) is 37.6 Å². The number of fused-ring (bicyclic) bond motifs is 1. The van der Waals surface area contributed by atoms with Crippen LogP contribution in [-0.4, -0.2) is 22.2 Å². The van der Waals surface area contributed by atoms with E-state index in [-0.39, 0.29) is 6.42 Å². The highest BCUT2D eigenvalue weighted by molar-refractivity contribution is 5.81. The van der Waals surface area contributed by atoms with Crippen molar-refractivity contribution in [3.63, 3.8) is 0 Å². The molecule has 1 aromatic carbocycles. The zero-order valence-corrected chi connectivity index (χ0v) is 10.4. The second-order valence-corrected chi connectivity index (χ2v) is 4.16. The van der Waals surface area contributed by atoms with Crippen LogP contribution in [-0.2, 0) is 11.3 Å². The molecule has 2 aromatic rings. The maximum atomic E-state index is 10.5. The van der Waals surface area contributed by atoms with Crippen LogP contribution in [0.15, 0.2) is 30.5 Å². The van der Waals surface area contributed by atoms with Gasteiger partial charge in [0.25, 0.3) is 0 Å². The average Bonchev–Trinajstić information content (AvgIpc) is 2.72. The summed E-state index contributed by atoms with van der Waals surface area (Å²) in [4.78, 5) is 10.5. The van der Waals surface area contributed by atoms with Crippen LogP contribution < -0.4 is 4.74 Å². The standard InChI is InChI=1S/C14H17NO3/c1-2-18-12-5-6-13-11(10-12)7-9-15(13)8-3-4-14(16)17/h5-7,9-10H,2-4,8H2,1H3,(H,16,17). The van der Waals surface area contributed by atoms with Crippen molar-refractivity contribution in [1.29, 1.82) is 0 Å². The summed E-state index contributed by atoms with van der Waals surface area (Å²) >= 11 is 0. The number of hydrogen-bond acceptors (Lipinski definition) is 2. The van der Waals surface area contributed by atoms with E-state index < -0.39 is 5.97 Å². The normalized spacial score (nSPS) is 10.7. The van der Waals surface area contributed by atoms with Crippen LogP contribution in [0, 0.1) is 0 Å². The number of aryl methyl sites for hydroxylation is 1. The maximum Gasteiger partial charge on any atom is 0.303 e. The van der Waals surface area contributed by atoms with E-state index in [0.29, 0.717) is 13.0 Å². The van der Waals surface area contributed by atoms with Gasteiger partial charge in [-0.25, -0.2) is 0 Å². The third-order valence-corrected chi connectivity index (χ3v) is 2.84. The number of carboxylic acid groups (broad SMARTS) is 1. The van der Waals surface area contributed by atoms with Crippen molar-refractivity contribution in [2.24, 2.45) is 0 Å². The number of aromatic nitrogens is 1. The molecule has 0 aliphatic carbocycles. The van der Waals surface area contributed by atoms with Gasteiger partial charge in [0, 0.05) is 30.1 Å². The predicted octanol–water partition coefficient (Wildman–Crippen LogP) is 2.90. The summed E-state index contributed by atoms with van der Waals surface area (Å²) in [6.45, 7) is 3.34. The van der Waals surface area contributed by atoms with E-state index in [1.807, 2.05) is 37.4 Å². The van der Waals surface area contributed by atoms with E-state index in [9.17, 15) is 4.79 Å². The highest BCUT2D eigenvalue weighted by atomic mass is 16.5. The molecule has 4 nitrogen and oxygen atoms in total. The maximum absolute atomic E-state index is 10.5. The SMILES string of the molecule is CCOc1ccc2c(ccn2CCCC(=O)O)c1. The second-order valence-electron chi connectivity index (χ2n) is 4.16. The Hall–Kier alpha value is -1.97. The lowest BCUT2D eigenvalue weighted by molar-refractivity contribution is -0.137. The van der Waals surface area contributed by atoms with Crippen molar-refractivity contribution in [3.05, 3.63) is 30.5 Å². The molecule has 0 saturated heterocycles. The quantitative estimate of drug-likeness (QED) is 0.853. The number of ether oxygens (including phenoxy) is 1. The van der Waals surface area contributed by atoms with E-state index >= 15 is 0 Å². The Morgan fingerprint density at radius 2 is 2.22 bits per heavy atom. The van der Waals surface area contributed by atoms with Crippen LogP contribution in [0.4, 0.5) is 0 Å². The van der Waals surface area contributed by atoms with Crippen molar-refractivity contribution in [3.8, 4) is 5.75 Å². The largest absolute Gasteiger partial charge is 0.494 e. The molecule has 0 bridgehead atoms. The summed E-state index contributed by atoms with van der Waals surface area (Å²) < 4.78 is 7.53. The minimum Gasteiger partial charge on any atom is -0.494 e. The Morgan fingerprint density at radius 3 is 2.94 bits per heavy atom. The molecule has 4 heteroatoms. The van der Waals surface area contributed by atoms with Gasteiger partial charge in [-0.15, -0.1) is 0 Å². The summed E-state index contributed by atoms with van der Waals surface area (Å²) in [5.41, 5.74) is 1.11. The average molecular weight is 247 g/mol. The van der Waals surface area contributed by atoms with E-state index in [1.54, 1.807) is 0 Å². The Bertz CT molecular complexity index is 545. The summed E-state index contributed by atoms with van der Waals surface area (Å²) in [6, 6.07) is 7.99. The Labute approximate surface area is 106 Å². The van der Waals surface area contributed by atoms with Crippen LogP contribution in [0.25, 0.3) is 10.9 Å². The van der Waals surface area contributed by atoms with Gasteiger partial charge in [0.1, 0.15) is 5.75 Å². The molecule has 0 amide bonds. The minimum atomic E-state index is -0.745. The van der Waals surface area contributed by atoms with Crippen LogP contribution in [0.2, 0.25) is 0 Å². The van der Waals surface area contributed by atoms with Crippen molar-refractivity contribution in [2.75, 3.05) is 6.61 Å². The lowest BCUT2D eigenvalue weighted by atomic mass is 10.2. The number of hydrogen-bond donors (Lipinski definition) is 1. The monoisotopic (exact) mass is 247 g/mol. The molecule has 0 aliphatic rings. The van der Waals surface area contributed by atoms with Crippen molar-refractivity contribution in [2.45, 2.75) is 26.3 Å². The second kappa shape index (κ2) is 5.58. The van der Waals surface area contributed by atoms with E-state index in [0.717, 1.165) is 23.2 Å². The molecule has 1 aromatic heterocycles. The Kier molecular flexibility index (Phi) is 3.87. The molecular weight excluding hydrogens is 230 g/mol. The molecule has 0 fully saturated rings. The predicted molar refractivity (Wildman–Crippen MR) is 70.0 cm³/mol. The fraction of sp³-hybridized carbons (Fsp3) is 0.357. The highest BCUT2D eigenvalue weighted by Gasteiger charge is 2.03. The number of nitrogens with zero attached hydrogens (tertiary/aromatic N) is 1. The number of benzene rings is 1. The molecular formula is C14H17NO3. The van der Waals surface area contributed by atoms with Gasteiger partial charge in [-0.3, -0.25) is 4.79 Å². The molecule has 1 N–H and O–H groups in total. The zero-order chi connectivity index (χ0) is 13.0. The fourth-order valence-corrected chi connectivity index (χ4v) is 2.03. The van der Waals surface area contributed by atoms with Gasteiger partial charge in [0.2, 0.25) is 0 Å². The lowest BCUT2D eigenvalue weighted by Gasteiger charge is -2.06. The van der Waals surface area contributed by atoms with E-state index in [4.69, 9.17) is 9.84 Å². The third kappa shape index (κ3) is 2.83. The molecule has 0 atom stereocenters. The van der Waals surface area contributed by atoms with E-state index in [2.05, 4.69) is 4.57 Å². The summed E-state index contributed by atoms with van der Waals surface area (Å²) in [5, 5.41) is 9.75. The molecule has 96 valence electrons. The Balaban J connectivity index is 2.13. The molecule has 0 unspecified atom stereocenters. The first-order chi connectivity index (χ1) is 8.70. The minimum absolute atomic E-state index is 0.205. The smallest absolute Gasteiger partial charge is 0.303 e. The van der Waals surface area contributed by atoms with Crippen LogP contribution in [0.5, 0.6) is 5.75 Å². The number of carboxylic acids is 1. The summed E-state index contributed by atoms with van der Waals surface area (Å²) in [7, 11) is 0. The summed E-state index contributed by atoms with van der Waals surface area (Å²) in [6.07, 6.45) is 2.84. The molecule has 0 saturated carbocycles. The topological polar surface area (TPSA) is 51.5 Å². The number of rotatable bonds is 6. The van der Waals surface area contributed by atoms with Crippen molar-refractivity contribution >= 4 is 16.9 Å². The van der Waals surface area contributed by atoms with Gasteiger partial charge in [0.05, 0.1) is 6.61 Å². The van der Waals surface area contributed by atoms with Crippen molar-refractivity contribution < 1.29 is 14.6 Å². The summed E-state index contributed by atoms with van der Waals surface area (Å²) in [5.74, 6) is 0.123. The van der Waals surface area contributed by atoms with Crippen LogP contribution in [0.3, 0.4) is 0 Å². The molecule has 0 aliphatic heterocycles. The fourth-order valence-electron chi connectivity index (χ4n) is 2.03. The molecule has 18 heavy (non-hydrogen) atoms. The lowest BCUT2D eigenvalue weighted by Crippen LogP contribution is -2.00. The Morgan fingerprint density at radius 1 is 1.39 bits per heavy atom. The van der Waals surface area contributed by atoms with Gasteiger partial charge in [-0.2, -0.15) is 0 Å². The molecule has 0 spiro atoms. The van der Waals surface area contributed by atoms with Gasteiger partial charge >= 0.3 is 5.97 Å². The highest BCUT2D eigenvalue weighted by Crippen LogP contribution is 2.22. The van der Waals surface area contributed by atoms with E-state index in [1.165, 1.54) is 0 Å². The zero-order valence-electron chi connectivity index (χ0n) is 10.4. The number of aliphatic carboxylic acids is 1. The third-order valence-electron chi connectivity index (χ3n) is 2.84. The number of carbonyl (C=O) groups is 1. The van der Waals surface area contributed by atoms with Gasteiger partial charge in [-0.1, -0.05) is 0 Å². The molecule has 1 heterocycles. The molecule has 2 rings (SSSR count). The van der Waals surface area contributed by atoms with Crippen LogP contribution in [0.1, 0.15) is 19.8 Å². The first kappa shape index (κ1) is 12.5. The first-order valence-corrected chi connectivity index (χ1v) is 6.14. The van der Waals surface area contributed by atoms with Crippen LogP contribution >= 0.6 is 0 Å². The molecule has 0 radical (unpaired) electrons. The first-order valence-electron chi connectivity index (χ1n) is 6.14. The van der Waals surface area contributed by atoms with Crippen molar-refractivity contribution in [1.82, 2.24) is 4.57 Å². The van der Waals surface area contributed by atoms with Gasteiger partial charge < -0.3 is 14.4 Å².